The lowest BCUT2D eigenvalue weighted by molar-refractivity contribution is 0.00785. The van der Waals surface area contributed by atoms with Crippen LogP contribution >= 0.6 is 0 Å². The van der Waals surface area contributed by atoms with E-state index in [0.29, 0.717) is 32.3 Å². The summed E-state index contributed by atoms with van der Waals surface area (Å²) in [5.74, 6) is 2.08. The molecule has 1 N–H and O–H groups in total. The molecule has 2 unspecified atom stereocenters. The number of nitrogens with one attached hydrogen (secondary N) is 1. The number of hydrogen-bond acceptors (Lipinski definition) is 6. The van der Waals surface area contributed by atoms with E-state index >= 15 is 0 Å². The number of aryl methyl sites for hydroxylation is 1. The third-order valence-electron chi connectivity index (χ3n) is 7.96. The largest absolute Gasteiger partial charge is 0.496 e. The van der Waals surface area contributed by atoms with E-state index in [1.54, 1.807) is 14.2 Å². The molecule has 4 aromatic rings. The Morgan fingerprint density at radius 1 is 0.857 bits per heavy atom. The Hall–Kier alpha value is -3.36. The lowest BCUT2D eigenvalue weighted by atomic mass is 9.87. The molecule has 0 aliphatic carbocycles. The third-order valence-corrected chi connectivity index (χ3v) is 7.96. The minimum Gasteiger partial charge on any atom is -0.496 e. The zero-order valence-electron chi connectivity index (χ0n) is 24.9. The quantitative estimate of drug-likeness (QED) is 0.158. The topological polar surface area (TPSA) is 63.1 Å². The van der Waals surface area contributed by atoms with E-state index in [1.165, 1.54) is 22.2 Å². The molecule has 3 aromatic carbocycles. The Morgan fingerprint density at radius 3 is 2.55 bits per heavy atom. The van der Waals surface area contributed by atoms with Crippen molar-refractivity contribution in [2.24, 2.45) is 0 Å². The normalized spacial score (nSPS) is 17.0. The van der Waals surface area contributed by atoms with Crippen LogP contribution in [0.2, 0.25) is 0 Å². The molecule has 0 radical (unpaired) electrons. The van der Waals surface area contributed by atoms with Gasteiger partial charge in [-0.15, -0.1) is 0 Å². The molecule has 1 aliphatic rings. The Labute approximate surface area is 249 Å². The minimum absolute atomic E-state index is 0.108. The molecule has 42 heavy (non-hydrogen) atoms. The average Bonchev–Trinajstić information content (AvgIpc) is 3.39. The van der Waals surface area contributed by atoms with E-state index in [-0.39, 0.29) is 6.10 Å². The van der Waals surface area contributed by atoms with Crippen LogP contribution in [0.15, 0.2) is 78.9 Å². The number of para-hydroxylation sites is 2. The number of fused-ring (bicyclic) bond motifs is 1. The average molecular weight is 573 g/mol. The second kappa shape index (κ2) is 15.8. The second-order valence-corrected chi connectivity index (χ2v) is 10.8. The van der Waals surface area contributed by atoms with Crippen molar-refractivity contribution in [3.8, 4) is 11.5 Å². The van der Waals surface area contributed by atoms with Gasteiger partial charge in [0.1, 0.15) is 11.5 Å². The van der Waals surface area contributed by atoms with Gasteiger partial charge in [-0.2, -0.15) is 0 Å². The summed E-state index contributed by atoms with van der Waals surface area (Å²) in [5, 5.41) is 4.79. The van der Waals surface area contributed by atoms with Gasteiger partial charge in [0.15, 0.2) is 0 Å². The van der Waals surface area contributed by atoms with Crippen molar-refractivity contribution in [3.05, 3.63) is 95.7 Å². The SMILES string of the molecule is COCCCn1c(COC2CNCCC2c2ccc(OCCCOCc3ccccc3OC)cc2)cc2ccccc21. The van der Waals surface area contributed by atoms with Gasteiger partial charge in [-0.05, 0) is 60.7 Å². The first-order valence-electron chi connectivity index (χ1n) is 15.1. The Morgan fingerprint density at radius 2 is 1.69 bits per heavy atom. The summed E-state index contributed by atoms with van der Waals surface area (Å²) < 4.78 is 31.5. The molecule has 0 amide bonds. The van der Waals surface area contributed by atoms with Crippen molar-refractivity contribution in [2.75, 3.05) is 47.1 Å². The number of hydrogen-bond donors (Lipinski definition) is 1. The van der Waals surface area contributed by atoms with Crippen molar-refractivity contribution in [3.63, 3.8) is 0 Å². The first-order valence-corrected chi connectivity index (χ1v) is 15.1. The molecule has 1 aromatic heterocycles. The van der Waals surface area contributed by atoms with Crippen LogP contribution in [0.5, 0.6) is 11.5 Å². The molecule has 5 rings (SSSR count). The second-order valence-electron chi connectivity index (χ2n) is 10.8. The first kappa shape index (κ1) is 30.1. The highest BCUT2D eigenvalue weighted by molar-refractivity contribution is 5.81. The van der Waals surface area contributed by atoms with Gasteiger partial charge in [0.25, 0.3) is 0 Å². The maximum absolute atomic E-state index is 6.62. The molecule has 2 atom stereocenters. The van der Waals surface area contributed by atoms with Crippen LogP contribution in [0, 0.1) is 0 Å². The minimum atomic E-state index is 0.108. The highest BCUT2D eigenvalue weighted by Crippen LogP contribution is 2.30. The number of nitrogens with zero attached hydrogens (tertiary/aromatic N) is 1. The zero-order chi connectivity index (χ0) is 29.0. The van der Waals surface area contributed by atoms with E-state index in [4.69, 9.17) is 23.7 Å². The number of methoxy groups -OCH3 is 2. The van der Waals surface area contributed by atoms with Crippen LogP contribution in [0.4, 0.5) is 0 Å². The molecule has 7 nitrogen and oxygen atoms in total. The molecular weight excluding hydrogens is 528 g/mol. The molecule has 0 saturated carbocycles. The molecule has 0 spiro atoms. The molecular formula is C35H44N2O5. The monoisotopic (exact) mass is 572 g/mol. The fraction of sp³-hybridized carbons (Fsp3) is 0.429. The molecule has 0 bridgehead atoms. The predicted molar refractivity (Wildman–Crippen MR) is 166 cm³/mol. The van der Waals surface area contributed by atoms with Crippen LogP contribution in [0.25, 0.3) is 10.9 Å². The van der Waals surface area contributed by atoms with Crippen LogP contribution in [-0.2, 0) is 34.0 Å². The zero-order valence-corrected chi connectivity index (χ0v) is 24.9. The summed E-state index contributed by atoms with van der Waals surface area (Å²) in [5.41, 5.74) is 4.83. The third kappa shape index (κ3) is 7.92. The lowest BCUT2D eigenvalue weighted by Crippen LogP contribution is -2.41. The molecule has 2 heterocycles. The molecule has 7 heteroatoms. The van der Waals surface area contributed by atoms with Crippen molar-refractivity contribution in [2.45, 2.75) is 51.0 Å². The fourth-order valence-electron chi connectivity index (χ4n) is 5.76. The van der Waals surface area contributed by atoms with Gasteiger partial charge in [0, 0.05) is 55.9 Å². The summed E-state index contributed by atoms with van der Waals surface area (Å²) in [7, 11) is 3.44. The summed E-state index contributed by atoms with van der Waals surface area (Å²) in [6, 6.07) is 27.3. The van der Waals surface area contributed by atoms with E-state index in [9.17, 15) is 0 Å². The molecule has 1 fully saturated rings. The molecule has 1 saturated heterocycles. The summed E-state index contributed by atoms with van der Waals surface area (Å²) in [6.07, 6.45) is 2.95. The van der Waals surface area contributed by atoms with E-state index < -0.39 is 0 Å². The van der Waals surface area contributed by atoms with Crippen LogP contribution in [0.3, 0.4) is 0 Å². The van der Waals surface area contributed by atoms with Crippen molar-refractivity contribution >= 4 is 10.9 Å². The Bertz CT molecular complexity index is 1370. The van der Waals surface area contributed by atoms with E-state index in [1.807, 2.05) is 24.3 Å². The van der Waals surface area contributed by atoms with Gasteiger partial charge in [0.05, 0.1) is 39.6 Å². The number of aromatic nitrogens is 1. The number of rotatable bonds is 16. The van der Waals surface area contributed by atoms with Crippen LogP contribution < -0.4 is 14.8 Å². The maximum Gasteiger partial charge on any atom is 0.124 e. The predicted octanol–water partition coefficient (Wildman–Crippen LogP) is 6.33. The summed E-state index contributed by atoms with van der Waals surface area (Å²) >= 11 is 0. The smallest absolute Gasteiger partial charge is 0.124 e. The van der Waals surface area contributed by atoms with Crippen molar-refractivity contribution in [1.82, 2.24) is 9.88 Å². The van der Waals surface area contributed by atoms with Crippen LogP contribution in [0.1, 0.15) is 42.0 Å². The van der Waals surface area contributed by atoms with Crippen molar-refractivity contribution in [1.29, 1.82) is 0 Å². The van der Waals surface area contributed by atoms with Gasteiger partial charge >= 0.3 is 0 Å². The Balaban J connectivity index is 1.11. The Kier molecular flexibility index (Phi) is 11.3. The van der Waals surface area contributed by atoms with E-state index in [2.05, 4.69) is 64.5 Å². The molecule has 1 aliphatic heterocycles. The number of piperidine rings is 1. The van der Waals surface area contributed by atoms with Gasteiger partial charge in [-0.1, -0.05) is 48.5 Å². The molecule has 224 valence electrons. The maximum atomic E-state index is 6.62. The van der Waals surface area contributed by atoms with Crippen molar-refractivity contribution < 1.29 is 23.7 Å². The highest BCUT2D eigenvalue weighted by atomic mass is 16.5. The lowest BCUT2D eigenvalue weighted by Gasteiger charge is -2.32. The van der Waals surface area contributed by atoms with Gasteiger partial charge < -0.3 is 33.6 Å². The van der Waals surface area contributed by atoms with Gasteiger partial charge in [-0.25, -0.2) is 0 Å². The van der Waals surface area contributed by atoms with Crippen LogP contribution in [-0.4, -0.2) is 57.8 Å². The first-order chi connectivity index (χ1) is 20.8. The number of benzene rings is 3. The van der Waals surface area contributed by atoms with Gasteiger partial charge in [-0.3, -0.25) is 0 Å². The fourth-order valence-corrected chi connectivity index (χ4v) is 5.76. The van der Waals surface area contributed by atoms with Gasteiger partial charge in [0.2, 0.25) is 0 Å². The van der Waals surface area contributed by atoms with E-state index in [0.717, 1.165) is 62.6 Å². The standard InChI is InChI=1S/C35H44N2O5/c1-38-20-7-19-37-30(23-28-9-3-5-11-33(28)37)26-42-35-24-36-18-17-32(35)27-13-15-31(16-14-27)41-22-8-21-40-25-29-10-4-6-12-34(29)39-2/h3-6,9-16,23,32,35-36H,7-8,17-22,24-26H2,1-2H3. The summed E-state index contributed by atoms with van der Waals surface area (Å²) in [4.78, 5) is 0. The number of ether oxygens (including phenoxy) is 5. The highest BCUT2D eigenvalue weighted by Gasteiger charge is 2.27. The summed E-state index contributed by atoms with van der Waals surface area (Å²) in [6.45, 7) is 5.88.